The largest absolute Gasteiger partial charge is 0.379 e. The minimum atomic E-state index is 0.432. The van der Waals surface area contributed by atoms with Gasteiger partial charge in [0.2, 0.25) is 0 Å². The smallest absolute Gasteiger partial charge is 0.104 e. The van der Waals surface area contributed by atoms with Crippen molar-refractivity contribution in [3.05, 3.63) is 0 Å². The van der Waals surface area contributed by atoms with Gasteiger partial charge in [0.1, 0.15) is 6.10 Å². The molecule has 3 nitrogen and oxygen atoms in total. The quantitative estimate of drug-likeness (QED) is 0.532. The highest BCUT2D eigenvalue weighted by Gasteiger charge is 2.21. The average molecular weight is 246 g/mol. The summed E-state index contributed by atoms with van der Waals surface area (Å²) in [5.41, 5.74) is 0. The monoisotopic (exact) mass is 246 g/mol. The third-order valence-electron chi connectivity index (χ3n) is 2.21. The van der Waals surface area contributed by atoms with Gasteiger partial charge in [-0.25, -0.2) is 0 Å². The first-order valence-electron chi connectivity index (χ1n) is 7.09. The molecule has 2 fully saturated rings. The van der Waals surface area contributed by atoms with Crippen LogP contribution in [0.5, 0.6) is 0 Å². The first-order valence-corrected chi connectivity index (χ1v) is 7.09. The number of ether oxygens (including phenoxy) is 3. The van der Waals surface area contributed by atoms with E-state index in [0.717, 1.165) is 26.4 Å². The van der Waals surface area contributed by atoms with E-state index >= 15 is 0 Å². The summed E-state index contributed by atoms with van der Waals surface area (Å²) in [7, 11) is 0. The summed E-state index contributed by atoms with van der Waals surface area (Å²) < 4.78 is 15.1. The molecule has 0 aliphatic carbocycles. The highest BCUT2D eigenvalue weighted by molar-refractivity contribution is 4.66. The van der Waals surface area contributed by atoms with Crippen molar-refractivity contribution in [1.29, 1.82) is 0 Å². The summed E-state index contributed by atoms with van der Waals surface area (Å²) in [5.74, 6) is 0. The Morgan fingerprint density at radius 3 is 1.82 bits per heavy atom. The molecule has 0 aromatic heterocycles. The first-order chi connectivity index (χ1) is 8.28. The van der Waals surface area contributed by atoms with E-state index in [1.54, 1.807) is 0 Å². The van der Waals surface area contributed by atoms with E-state index in [1.807, 2.05) is 0 Å². The molecule has 0 radical (unpaired) electrons. The molecule has 0 N–H and O–H groups in total. The van der Waals surface area contributed by atoms with Crippen LogP contribution in [0.4, 0.5) is 0 Å². The van der Waals surface area contributed by atoms with E-state index in [9.17, 15) is 0 Å². The maximum atomic E-state index is 5.27. The second-order valence-corrected chi connectivity index (χ2v) is 4.45. The summed E-state index contributed by atoms with van der Waals surface area (Å²) >= 11 is 0. The minimum absolute atomic E-state index is 0.432. The van der Waals surface area contributed by atoms with Gasteiger partial charge in [-0.1, -0.05) is 40.5 Å². The molecule has 0 saturated carbocycles. The highest BCUT2D eigenvalue weighted by Crippen LogP contribution is 2.11. The third kappa shape index (κ3) is 15.9. The maximum Gasteiger partial charge on any atom is 0.104 e. The molecular formula is C14H30O3. The van der Waals surface area contributed by atoms with Crippen molar-refractivity contribution >= 4 is 0 Å². The van der Waals surface area contributed by atoms with E-state index in [2.05, 4.69) is 27.7 Å². The average Bonchev–Trinajstić information content (AvgIpc) is 3.20. The zero-order valence-corrected chi connectivity index (χ0v) is 12.0. The molecule has 0 bridgehead atoms. The molecule has 0 aromatic carbocycles. The maximum absolute atomic E-state index is 5.27. The molecule has 2 aliphatic rings. The van der Waals surface area contributed by atoms with Crippen LogP contribution in [0.2, 0.25) is 0 Å². The number of epoxide rings is 2. The SMILES string of the molecule is CCC.CCC1CO1.CCCCOCC1CO1. The van der Waals surface area contributed by atoms with Crippen LogP contribution in [-0.2, 0) is 14.2 Å². The molecule has 3 heteroatoms. The Morgan fingerprint density at radius 2 is 1.53 bits per heavy atom. The Labute approximate surface area is 107 Å². The van der Waals surface area contributed by atoms with Crippen LogP contribution in [0.25, 0.3) is 0 Å². The Kier molecular flexibility index (Phi) is 12.3. The second kappa shape index (κ2) is 12.3. The second-order valence-electron chi connectivity index (χ2n) is 4.45. The minimum Gasteiger partial charge on any atom is -0.379 e. The fraction of sp³-hybridized carbons (Fsp3) is 1.00. The van der Waals surface area contributed by atoms with Gasteiger partial charge in [0, 0.05) is 6.61 Å². The lowest BCUT2D eigenvalue weighted by atomic mass is 10.4. The van der Waals surface area contributed by atoms with Gasteiger partial charge < -0.3 is 14.2 Å². The van der Waals surface area contributed by atoms with Gasteiger partial charge in [-0.2, -0.15) is 0 Å². The molecule has 17 heavy (non-hydrogen) atoms. The lowest BCUT2D eigenvalue weighted by Crippen LogP contribution is -2.01. The summed E-state index contributed by atoms with van der Waals surface area (Å²) in [6, 6.07) is 0. The van der Waals surface area contributed by atoms with Gasteiger partial charge in [-0.15, -0.1) is 0 Å². The Balaban J connectivity index is 0.000000270. The van der Waals surface area contributed by atoms with Crippen LogP contribution < -0.4 is 0 Å². The third-order valence-corrected chi connectivity index (χ3v) is 2.21. The molecule has 0 amide bonds. The molecule has 2 aliphatic heterocycles. The van der Waals surface area contributed by atoms with Crippen molar-refractivity contribution in [2.24, 2.45) is 0 Å². The van der Waals surface area contributed by atoms with Gasteiger partial charge in [0.05, 0.1) is 25.9 Å². The standard InChI is InChI=1S/C7H14O2.C4H8O.C3H8/c1-2-3-4-8-5-7-6-9-7;1-2-4-3-5-4;1-3-2/h7H,2-6H2,1H3;4H,2-3H2,1H3;3H2,1-2H3. The van der Waals surface area contributed by atoms with Crippen LogP contribution in [0.3, 0.4) is 0 Å². The van der Waals surface area contributed by atoms with Gasteiger partial charge in [-0.3, -0.25) is 0 Å². The van der Waals surface area contributed by atoms with E-state index in [1.165, 1.54) is 25.7 Å². The fourth-order valence-corrected chi connectivity index (χ4v) is 0.929. The first kappa shape index (κ1) is 16.9. The van der Waals surface area contributed by atoms with Gasteiger partial charge in [0.15, 0.2) is 0 Å². The predicted molar refractivity (Wildman–Crippen MR) is 71.5 cm³/mol. The summed E-state index contributed by atoms with van der Waals surface area (Å²) in [6.45, 7) is 12.2. The van der Waals surface area contributed by atoms with E-state index in [-0.39, 0.29) is 0 Å². The van der Waals surface area contributed by atoms with Gasteiger partial charge in [0.25, 0.3) is 0 Å². The van der Waals surface area contributed by atoms with E-state index < -0.39 is 0 Å². The molecule has 2 atom stereocenters. The number of hydrogen-bond acceptors (Lipinski definition) is 3. The summed E-state index contributed by atoms with van der Waals surface area (Å²) in [4.78, 5) is 0. The van der Waals surface area contributed by atoms with Gasteiger partial charge in [-0.05, 0) is 12.8 Å². The van der Waals surface area contributed by atoms with Crippen molar-refractivity contribution in [3.8, 4) is 0 Å². The summed E-state index contributed by atoms with van der Waals surface area (Å²) in [5, 5.41) is 0. The Bertz CT molecular complexity index is 142. The topological polar surface area (TPSA) is 34.3 Å². The van der Waals surface area contributed by atoms with Crippen LogP contribution in [0.1, 0.15) is 53.4 Å². The lowest BCUT2D eigenvalue weighted by molar-refractivity contribution is 0.114. The molecular weight excluding hydrogens is 216 g/mol. The van der Waals surface area contributed by atoms with Crippen molar-refractivity contribution in [1.82, 2.24) is 0 Å². The van der Waals surface area contributed by atoms with Crippen LogP contribution in [0, 0.1) is 0 Å². The van der Waals surface area contributed by atoms with Gasteiger partial charge >= 0.3 is 0 Å². The summed E-state index contributed by atoms with van der Waals surface area (Å²) in [6.07, 6.45) is 5.90. The molecule has 2 unspecified atom stereocenters. The molecule has 0 aromatic rings. The predicted octanol–water partition coefficient (Wildman–Crippen LogP) is 3.41. The highest BCUT2D eigenvalue weighted by atomic mass is 16.6. The number of hydrogen-bond donors (Lipinski definition) is 0. The zero-order chi connectivity index (χ0) is 12.9. The fourth-order valence-electron chi connectivity index (χ4n) is 0.929. The van der Waals surface area contributed by atoms with Crippen LogP contribution in [0.15, 0.2) is 0 Å². The number of unbranched alkanes of at least 4 members (excludes halogenated alkanes) is 1. The lowest BCUT2D eigenvalue weighted by Gasteiger charge is -1.97. The Hall–Kier alpha value is -0.120. The molecule has 0 spiro atoms. The van der Waals surface area contributed by atoms with E-state index in [4.69, 9.17) is 14.2 Å². The van der Waals surface area contributed by atoms with Crippen molar-refractivity contribution in [2.75, 3.05) is 26.4 Å². The van der Waals surface area contributed by atoms with Crippen LogP contribution >= 0.6 is 0 Å². The molecule has 2 heterocycles. The zero-order valence-electron chi connectivity index (χ0n) is 12.0. The molecule has 104 valence electrons. The van der Waals surface area contributed by atoms with E-state index in [0.29, 0.717) is 12.2 Å². The van der Waals surface area contributed by atoms with Crippen LogP contribution in [-0.4, -0.2) is 38.6 Å². The molecule has 2 rings (SSSR count). The van der Waals surface area contributed by atoms with Crippen molar-refractivity contribution < 1.29 is 14.2 Å². The Morgan fingerprint density at radius 1 is 1.00 bits per heavy atom. The molecule has 2 saturated heterocycles. The normalized spacial score (nSPS) is 24.0. The van der Waals surface area contributed by atoms with Crippen molar-refractivity contribution in [2.45, 2.75) is 65.6 Å². The number of rotatable bonds is 6. The van der Waals surface area contributed by atoms with Crippen molar-refractivity contribution in [3.63, 3.8) is 0 Å².